The van der Waals surface area contributed by atoms with Gasteiger partial charge in [-0.25, -0.2) is 0 Å². The van der Waals surface area contributed by atoms with Crippen LogP contribution in [0, 0.1) is 5.92 Å². The second kappa shape index (κ2) is 6.02. The number of carbonyl (C=O) groups excluding carboxylic acids is 1. The first-order chi connectivity index (χ1) is 6.33. The molecule has 84 valence electrons. The summed E-state index contributed by atoms with van der Waals surface area (Å²) in [6.07, 6.45) is 2.77. The maximum Gasteiger partial charge on any atom is 0.219 e. The summed E-state index contributed by atoms with van der Waals surface area (Å²) in [6.45, 7) is 9.40. The molecule has 0 spiro atoms. The van der Waals surface area contributed by atoms with Crippen molar-refractivity contribution in [1.29, 1.82) is 0 Å². The van der Waals surface area contributed by atoms with Crippen molar-refractivity contribution in [1.82, 2.24) is 5.32 Å². The van der Waals surface area contributed by atoms with Gasteiger partial charge >= 0.3 is 0 Å². The Balaban J connectivity index is 3.60. The minimum absolute atomic E-state index is 0.164. The van der Waals surface area contributed by atoms with E-state index in [1.54, 1.807) is 0 Å². The van der Waals surface area contributed by atoms with Crippen molar-refractivity contribution in [2.45, 2.75) is 52.5 Å². The number of nitrogens with two attached hydrogens (primary N) is 1. The number of amides is 1. The van der Waals surface area contributed by atoms with Crippen LogP contribution in [0.2, 0.25) is 0 Å². The molecule has 0 fully saturated rings. The zero-order chi connectivity index (χ0) is 11.2. The molecule has 0 heterocycles. The Bertz CT molecular complexity index is 176. The second-order valence-electron chi connectivity index (χ2n) is 4.99. The molecule has 0 bridgehead atoms. The Morgan fingerprint density at radius 2 is 2.00 bits per heavy atom. The first kappa shape index (κ1) is 13.4. The molecule has 0 saturated carbocycles. The van der Waals surface area contributed by atoms with Crippen molar-refractivity contribution >= 4 is 5.91 Å². The van der Waals surface area contributed by atoms with Crippen LogP contribution < -0.4 is 11.1 Å². The summed E-state index contributed by atoms with van der Waals surface area (Å²) in [5.74, 6) is 0.502. The summed E-state index contributed by atoms with van der Waals surface area (Å²) >= 11 is 0. The highest BCUT2D eigenvalue weighted by molar-refractivity contribution is 5.74. The number of primary amides is 1. The minimum Gasteiger partial charge on any atom is -0.370 e. The van der Waals surface area contributed by atoms with E-state index in [1.807, 2.05) is 13.8 Å². The maximum atomic E-state index is 10.7. The van der Waals surface area contributed by atoms with Crippen molar-refractivity contribution in [3.05, 3.63) is 0 Å². The third kappa shape index (κ3) is 8.05. The highest BCUT2D eigenvalue weighted by Crippen LogP contribution is 2.08. The Morgan fingerprint density at radius 3 is 2.43 bits per heavy atom. The second-order valence-corrected chi connectivity index (χ2v) is 4.99. The Labute approximate surface area is 87.4 Å². The van der Waals surface area contributed by atoms with Gasteiger partial charge in [-0.15, -0.1) is 0 Å². The van der Waals surface area contributed by atoms with Gasteiger partial charge in [0.15, 0.2) is 0 Å². The fourth-order valence-electron chi connectivity index (χ4n) is 1.44. The summed E-state index contributed by atoms with van der Waals surface area (Å²) in [5.41, 5.74) is 4.99. The van der Waals surface area contributed by atoms with Crippen molar-refractivity contribution in [3.8, 4) is 0 Å². The topological polar surface area (TPSA) is 55.1 Å². The van der Waals surface area contributed by atoms with Crippen LogP contribution in [0.25, 0.3) is 0 Å². The lowest BCUT2D eigenvalue weighted by Gasteiger charge is -2.25. The van der Waals surface area contributed by atoms with Gasteiger partial charge in [0.1, 0.15) is 0 Å². The Kier molecular flexibility index (Phi) is 5.77. The van der Waals surface area contributed by atoms with E-state index in [1.165, 1.54) is 6.42 Å². The SMILES string of the molecule is CC(C)CCCNC(C)(C)CC(N)=O. The fourth-order valence-corrected chi connectivity index (χ4v) is 1.44. The number of nitrogens with one attached hydrogen (secondary N) is 1. The molecule has 0 rings (SSSR count). The summed E-state index contributed by atoms with van der Waals surface area (Å²) < 4.78 is 0. The zero-order valence-electron chi connectivity index (χ0n) is 9.89. The largest absolute Gasteiger partial charge is 0.370 e. The van der Waals surface area contributed by atoms with Crippen LogP contribution in [0.1, 0.15) is 47.0 Å². The molecule has 3 nitrogen and oxygen atoms in total. The van der Waals surface area contributed by atoms with E-state index in [-0.39, 0.29) is 11.4 Å². The van der Waals surface area contributed by atoms with E-state index in [0.29, 0.717) is 6.42 Å². The average Bonchev–Trinajstić information content (AvgIpc) is 1.95. The minimum atomic E-state index is -0.244. The van der Waals surface area contributed by atoms with Crippen LogP contribution >= 0.6 is 0 Å². The molecule has 0 atom stereocenters. The number of rotatable bonds is 7. The fraction of sp³-hybridized carbons (Fsp3) is 0.909. The van der Waals surface area contributed by atoms with Crippen LogP contribution in [-0.2, 0) is 4.79 Å². The van der Waals surface area contributed by atoms with Gasteiger partial charge in [-0.1, -0.05) is 13.8 Å². The molecule has 0 aliphatic carbocycles. The number of hydrogen-bond acceptors (Lipinski definition) is 2. The Hall–Kier alpha value is -0.570. The van der Waals surface area contributed by atoms with Gasteiger partial charge in [0, 0.05) is 12.0 Å². The van der Waals surface area contributed by atoms with Crippen molar-refractivity contribution < 1.29 is 4.79 Å². The van der Waals surface area contributed by atoms with Crippen molar-refractivity contribution in [3.63, 3.8) is 0 Å². The molecule has 0 saturated heterocycles. The quantitative estimate of drug-likeness (QED) is 0.614. The molecule has 0 radical (unpaired) electrons. The predicted octanol–water partition coefficient (Wildman–Crippen LogP) is 1.67. The molecular weight excluding hydrogens is 176 g/mol. The first-order valence-corrected chi connectivity index (χ1v) is 5.37. The lowest BCUT2D eigenvalue weighted by Crippen LogP contribution is -2.43. The molecule has 0 unspecified atom stereocenters. The lowest BCUT2D eigenvalue weighted by molar-refractivity contribution is -0.119. The molecule has 3 heteroatoms. The van der Waals surface area contributed by atoms with Crippen LogP contribution in [0.3, 0.4) is 0 Å². The van der Waals surface area contributed by atoms with Gasteiger partial charge in [-0.3, -0.25) is 4.79 Å². The highest BCUT2D eigenvalue weighted by Gasteiger charge is 2.18. The van der Waals surface area contributed by atoms with Crippen LogP contribution in [0.5, 0.6) is 0 Å². The van der Waals surface area contributed by atoms with E-state index in [9.17, 15) is 4.79 Å². The molecule has 14 heavy (non-hydrogen) atoms. The summed E-state index contributed by atoms with van der Waals surface area (Å²) in [6, 6.07) is 0. The molecule has 3 N–H and O–H groups in total. The highest BCUT2D eigenvalue weighted by atomic mass is 16.1. The van der Waals surface area contributed by atoms with Crippen LogP contribution in [-0.4, -0.2) is 18.0 Å². The van der Waals surface area contributed by atoms with Gasteiger partial charge in [-0.2, -0.15) is 0 Å². The lowest BCUT2D eigenvalue weighted by atomic mass is 9.99. The molecule has 0 aliphatic rings. The summed E-state index contributed by atoms with van der Waals surface area (Å²) in [5, 5.41) is 3.34. The molecule has 0 aromatic heterocycles. The predicted molar refractivity (Wildman–Crippen MR) is 60.0 cm³/mol. The van der Waals surface area contributed by atoms with Gasteiger partial charge < -0.3 is 11.1 Å². The van der Waals surface area contributed by atoms with E-state index < -0.39 is 0 Å². The van der Waals surface area contributed by atoms with E-state index in [2.05, 4.69) is 19.2 Å². The molecule has 0 aliphatic heterocycles. The maximum absolute atomic E-state index is 10.7. The van der Waals surface area contributed by atoms with Crippen molar-refractivity contribution in [2.24, 2.45) is 11.7 Å². The van der Waals surface area contributed by atoms with Gasteiger partial charge in [0.25, 0.3) is 0 Å². The van der Waals surface area contributed by atoms with Gasteiger partial charge in [-0.05, 0) is 39.2 Å². The van der Waals surface area contributed by atoms with E-state index in [0.717, 1.165) is 18.9 Å². The third-order valence-corrected chi connectivity index (χ3v) is 2.18. The standard InChI is InChI=1S/C11H24N2O/c1-9(2)6-5-7-13-11(3,4)8-10(12)14/h9,13H,5-8H2,1-4H3,(H2,12,14). The zero-order valence-corrected chi connectivity index (χ0v) is 9.89. The third-order valence-electron chi connectivity index (χ3n) is 2.18. The molecular formula is C11H24N2O. The smallest absolute Gasteiger partial charge is 0.219 e. The summed E-state index contributed by atoms with van der Waals surface area (Å²) in [7, 11) is 0. The van der Waals surface area contributed by atoms with Gasteiger partial charge in [0.2, 0.25) is 5.91 Å². The molecule has 1 amide bonds. The summed E-state index contributed by atoms with van der Waals surface area (Å²) in [4.78, 5) is 10.7. The van der Waals surface area contributed by atoms with Gasteiger partial charge in [0.05, 0.1) is 0 Å². The molecule has 0 aromatic rings. The van der Waals surface area contributed by atoms with Crippen LogP contribution in [0.4, 0.5) is 0 Å². The first-order valence-electron chi connectivity index (χ1n) is 5.37. The van der Waals surface area contributed by atoms with Crippen LogP contribution in [0.15, 0.2) is 0 Å². The number of carbonyl (C=O) groups is 1. The average molecular weight is 200 g/mol. The normalized spacial score (nSPS) is 12.1. The van der Waals surface area contributed by atoms with E-state index in [4.69, 9.17) is 5.73 Å². The monoisotopic (exact) mass is 200 g/mol. The van der Waals surface area contributed by atoms with E-state index >= 15 is 0 Å². The Morgan fingerprint density at radius 1 is 1.43 bits per heavy atom. The number of hydrogen-bond donors (Lipinski definition) is 2. The molecule has 0 aromatic carbocycles. The van der Waals surface area contributed by atoms with Crippen molar-refractivity contribution in [2.75, 3.05) is 6.54 Å².